The van der Waals surface area contributed by atoms with E-state index in [2.05, 4.69) is 74.0 Å². The first kappa shape index (κ1) is 16.8. The van der Waals surface area contributed by atoms with Crippen LogP contribution in [0.4, 0.5) is 4.39 Å². The Labute approximate surface area is 136 Å². The van der Waals surface area contributed by atoms with E-state index in [0.29, 0.717) is 16.6 Å². The van der Waals surface area contributed by atoms with Gasteiger partial charge in [0.2, 0.25) is 0 Å². The van der Waals surface area contributed by atoms with Crippen molar-refractivity contribution in [3.8, 4) is 0 Å². The molecule has 0 radical (unpaired) electrons. The molecule has 0 N–H and O–H groups in total. The molecule has 0 aliphatic carbocycles. The summed E-state index contributed by atoms with van der Waals surface area (Å²) >= 11 is 3.56. The molecular formula is C17H25BrFNSi. The van der Waals surface area contributed by atoms with Gasteiger partial charge in [-0.05, 0) is 41.0 Å². The normalized spacial score (nSPS) is 13.1. The molecule has 2 aromatic rings. The predicted octanol–water partition coefficient (Wildman–Crippen LogP) is 6.57. The molecule has 0 unspecified atom stereocenters. The van der Waals surface area contributed by atoms with E-state index in [0.717, 1.165) is 15.4 Å². The Balaban J connectivity index is 2.87. The summed E-state index contributed by atoms with van der Waals surface area (Å²) in [5.41, 5.74) is 2.41. The van der Waals surface area contributed by atoms with Crippen LogP contribution < -0.4 is 0 Å². The molecule has 1 heterocycles. The SMILES string of the molecule is CC(C)[Si](C(C)C)(C(C)C)n1ccc2c(Br)ccc(F)c21. The van der Waals surface area contributed by atoms with Crippen molar-refractivity contribution >= 4 is 35.1 Å². The molecule has 0 spiro atoms. The summed E-state index contributed by atoms with van der Waals surface area (Å²) in [6, 6.07) is 5.42. The first-order valence-electron chi connectivity index (χ1n) is 7.70. The van der Waals surface area contributed by atoms with E-state index in [-0.39, 0.29) is 5.82 Å². The average Bonchev–Trinajstić information content (AvgIpc) is 2.79. The lowest BCUT2D eigenvalue weighted by Crippen LogP contribution is -2.51. The lowest BCUT2D eigenvalue weighted by atomic mass is 10.2. The Morgan fingerprint density at radius 3 is 1.95 bits per heavy atom. The zero-order chi connectivity index (χ0) is 15.9. The molecule has 0 aliphatic heterocycles. The molecule has 2 rings (SSSR count). The lowest BCUT2D eigenvalue weighted by molar-refractivity contribution is 0.633. The van der Waals surface area contributed by atoms with Crippen molar-refractivity contribution in [2.45, 2.75) is 58.2 Å². The van der Waals surface area contributed by atoms with Crippen LogP contribution in [0.3, 0.4) is 0 Å². The molecule has 4 heteroatoms. The molecule has 116 valence electrons. The summed E-state index contributed by atoms with van der Waals surface area (Å²) in [5, 5.41) is 0.980. The molecule has 0 saturated heterocycles. The summed E-state index contributed by atoms with van der Waals surface area (Å²) < 4.78 is 17.9. The van der Waals surface area contributed by atoms with Gasteiger partial charge in [0.1, 0.15) is 5.82 Å². The van der Waals surface area contributed by atoms with Gasteiger partial charge in [-0.15, -0.1) is 0 Å². The fourth-order valence-electron chi connectivity index (χ4n) is 4.34. The van der Waals surface area contributed by atoms with Gasteiger partial charge in [0.05, 0.1) is 5.52 Å². The second-order valence-corrected chi connectivity index (χ2v) is 13.4. The van der Waals surface area contributed by atoms with Crippen LogP contribution in [0.1, 0.15) is 41.5 Å². The largest absolute Gasteiger partial charge is 0.371 e. The van der Waals surface area contributed by atoms with E-state index in [4.69, 9.17) is 0 Å². The van der Waals surface area contributed by atoms with Gasteiger partial charge in [0.15, 0.2) is 8.24 Å². The van der Waals surface area contributed by atoms with Crippen molar-refractivity contribution in [2.24, 2.45) is 0 Å². The minimum absolute atomic E-state index is 0.114. The number of aromatic nitrogens is 1. The summed E-state index contributed by atoms with van der Waals surface area (Å²) in [4.78, 5) is 0. The van der Waals surface area contributed by atoms with Crippen molar-refractivity contribution < 1.29 is 4.39 Å². The van der Waals surface area contributed by atoms with Gasteiger partial charge in [-0.1, -0.05) is 57.5 Å². The molecule has 0 bridgehead atoms. The molecule has 21 heavy (non-hydrogen) atoms. The highest BCUT2D eigenvalue weighted by Gasteiger charge is 2.46. The van der Waals surface area contributed by atoms with Crippen molar-refractivity contribution in [1.29, 1.82) is 0 Å². The minimum Gasteiger partial charge on any atom is -0.371 e. The van der Waals surface area contributed by atoms with Gasteiger partial charge < -0.3 is 4.23 Å². The highest BCUT2D eigenvalue weighted by molar-refractivity contribution is 9.10. The quantitative estimate of drug-likeness (QED) is 0.537. The molecule has 0 fully saturated rings. The fourth-order valence-corrected chi connectivity index (χ4v) is 11.4. The van der Waals surface area contributed by atoms with Crippen LogP contribution in [-0.4, -0.2) is 12.5 Å². The Hall–Kier alpha value is -0.613. The number of rotatable bonds is 4. The first-order valence-corrected chi connectivity index (χ1v) is 10.7. The molecule has 0 saturated carbocycles. The highest BCUT2D eigenvalue weighted by Crippen LogP contribution is 2.45. The number of hydrogen-bond acceptors (Lipinski definition) is 0. The van der Waals surface area contributed by atoms with Gasteiger partial charge in [0.25, 0.3) is 0 Å². The van der Waals surface area contributed by atoms with Gasteiger partial charge in [-0.25, -0.2) is 4.39 Å². The fraction of sp³-hybridized carbons (Fsp3) is 0.529. The van der Waals surface area contributed by atoms with Gasteiger partial charge in [-0.2, -0.15) is 0 Å². The molecule has 1 aromatic carbocycles. The standard InChI is InChI=1S/C17H25BrFNSi/c1-11(2)21(12(3)4,13(5)6)20-10-9-14-15(18)7-8-16(19)17(14)20/h7-13H,1-6H3. The Morgan fingerprint density at radius 1 is 0.952 bits per heavy atom. The Morgan fingerprint density at radius 2 is 1.48 bits per heavy atom. The first-order chi connectivity index (χ1) is 9.74. The number of halogens is 2. The maximum Gasteiger partial charge on any atom is 0.169 e. The lowest BCUT2D eigenvalue weighted by Gasteiger charge is -2.44. The monoisotopic (exact) mass is 369 g/mol. The van der Waals surface area contributed by atoms with E-state index >= 15 is 0 Å². The summed E-state index contributed by atoms with van der Waals surface area (Å²) in [7, 11) is -1.91. The summed E-state index contributed by atoms with van der Waals surface area (Å²) in [5.74, 6) is -0.114. The van der Waals surface area contributed by atoms with Crippen molar-refractivity contribution in [2.75, 3.05) is 0 Å². The van der Waals surface area contributed by atoms with Gasteiger partial charge in [-0.3, -0.25) is 0 Å². The van der Waals surface area contributed by atoms with Crippen LogP contribution in [0.5, 0.6) is 0 Å². The van der Waals surface area contributed by atoms with Crippen molar-refractivity contribution in [1.82, 2.24) is 4.23 Å². The second kappa shape index (κ2) is 5.88. The summed E-state index contributed by atoms with van der Waals surface area (Å²) in [6.07, 6.45) is 2.12. The molecule has 0 atom stereocenters. The number of fused-ring (bicyclic) bond motifs is 1. The molecule has 0 amide bonds. The maximum absolute atomic E-state index is 14.6. The number of benzene rings is 1. The zero-order valence-corrected chi connectivity index (χ0v) is 16.3. The highest BCUT2D eigenvalue weighted by atomic mass is 79.9. The third-order valence-electron chi connectivity index (χ3n) is 4.94. The zero-order valence-electron chi connectivity index (χ0n) is 13.7. The average molecular weight is 370 g/mol. The predicted molar refractivity (Wildman–Crippen MR) is 96.0 cm³/mol. The smallest absolute Gasteiger partial charge is 0.169 e. The second-order valence-electron chi connectivity index (χ2n) is 6.83. The van der Waals surface area contributed by atoms with Gasteiger partial charge in [0, 0.05) is 9.86 Å². The van der Waals surface area contributed by atoms with E-state index < -0.39 is 8.24 Å². The van der Waals surface area contributed by atoms with E-state index in [1.165, 1.54) is 0 Å². The Kier molecular flexibility index (Phi) is 4.69. The van der Waals surface area contributed by atoms with Crippen LogP contribution in [0.15, 0.2) is 28.9 Å². The third-order valence-corrected chi connectivity index (χ3v) is 12.4. The summed E-state index contributed by atoms with van der Waals surface area (Å²) in [6.45, 7) is 13.8. The maximum atomic E-state index is 14.6. The minimum atomic E-state index is -1.91. The van der Waals surface area contributed by atoms with Crippen LogP contribution in [-0.2, 0) is 0 Å². The topological polar surface area (TPSA) is 4.93 Å². The molecule has 0 aliphatic rings. The van der Waals surface area contributed by atoms with E-state index in [1.54, 1.807) is 12.1 Å². The van der Waals surface area contributed by atoms with Crippen LogP contribution in [0.2, 0.25) is 16.6 Å². The molecule has 1 nitrogen and oxygen atoms in total. The van der Waals surface area contributed by atoms with E-state index in [1.807, 2.05) is 0 Å². The van der Waals surface area contributed by atoms with Crippen molar-refractivity contribution in [3.63, 3.8) is 0 Å². The van der Waals surface area contributed by atoms with Gasteiger partial charge >= 0.3 is 0 Å². The molecular weight excluding hydrogens is 345 g/mol. The third kappa shape index (κ3) is 2.40. The Bertz CT molecular complexity index is 624. The van der Waals surface area contributed by atoms with Crippen LogP contribution in [0, 0.1) is 5.82 Å². The number of nitrogens with zero attached hydrogens (tertiary/aromatic N) is 1. The molecule has 1 aromatic heterocycles. The van der Waals surface area contributed by atoms with E-state index in [9.17, 15) is 4.39 Å². The van der Waals surface area contributed by atoms with Crippen molar-refractivity contribution in [3.05, 3.63) is 34.7 Å². The number of hydrogen-bond donors (Lipinski definition) is 0. The van der Waals surface area contributed by atoms with Crippen LogP contribution >= 0.6 is 15.9 Å². The van der Waals surface area contributed by atoms with Crippen LogP contribution in [0.25, 0.3) is 10.9 Å².